The van der Waals surface area contributed by atoms with Crippen LogP contribution in [0.2, 0.25) is 5.02 Å². The van der Waals surface area contributed by atoms with Crippen molar-refractivity contribution in [2.24, 2.45) is 5.92 Å². The van der Waals surface area contributed by atoms with Gasteiger partial charge in [0.05, 0.1) is 5.69 Å². The molecule has 2 fully saturated rings. The number of hydrogen-bond donors (Lipinski definition) is 2. The smallest absolute Gasteiger partial charge is 0.322 e. The maximum Gasteiger partial charge on any atom is 0.322 e. The summed E-state index contributed by atoms with van der Waals surface area (Å²) in [4.78, 5) is 46.0. The van der Waals surface area contributed by atoms with Crippen LogP contribution in [0.4, 0.5) is 10.5 Å². The second-order valence-corrected chi connectivity index (χ2v) is 8.36. The quantitative estimate of drug-likeness (QED) is 0.693. The Morgan fingerprint density at radius 2 is 1.94 bits per heavy atom. The van der Waals surface area contributed by atoms with Crippen molar-refractivity contribution < 1.29 is 14.4 Å². The van der Waals surface area contributed by atoms with Gasteiger partial charge in [-0.15, -0.1) is 0 Å². The molecule has 2 aliphatic rings. The minimum absolute atomic E-state index is 0.0463. The molecule has 4 rings (SSSR count). The van der Waals surface area contributed by atoms with Gasteiger partial charge in [0, 0.05) is 49.0 Å². The van der Waals surface area contributed by atoms with Crippen LogP contribution in [-0.4, -0.2) is 53.9 Å². The van der Waals surface area contributed by atoms with E-state index in [2.05, 4.69) is 20.5 Å². The maximum absolute atomic E-state index is 13.2. The molecule has 0 bridgehead atoms. The summed E-state index contributed by atoms with van der Waals surface area (Å²) in [5.41, 5.74) is 0.103. The van der Waals surface area contributed by atoms with Crippen LogP contribution in [0, 0.1) is 5.92 Å². The van der Waals surface area contributed by atoms with E-state index in [0.717, 1.165) is 5.69 Å². The Hall–Kier alpha value is -3.13. The molecule has 2 aromatic rings. The summed E-state index contributed by atoms with van der Waals surface area (Å²) in [5.74, 6) is -1.01. The fourth-order valence-corrected chi connectivity index (χ4v) is 4.44. The number of nitrogens with zero attached hydrogens (tertiary/aromatic N) is 3. The molecule has 9 heteroatoms. The standard InChI is InChI=1S/C22H24ClN5O3/c1-15(14-22(18-7-2-3-8-24-18)20(30)25-21(31)26-22)19(29)28-11-9-27(10-12-28)17-6-4-5-16(23)13-17/h2-8,13,15H,9-12,14H2,1H3,(H2,25,26,30,31). The minimum Gasteiger partial charge on any atom is -0.368 e. The van der Waals surface area contributed by atoms with Gasteiger partial charge < -0.3 is 15.1 Å². The molecule has 162 valence electrons. The largest absolute Gasteiger partial charge is 0.368 e. The zero-order valence-electron chi connectivity index (χ0n) is 17.2. The van der Waals surface area contributed by atoms with Gasteiger partial charge in [0.2, 0.25) is 5.91 Å². The summed E-state index contributed by atoms with van der Waals surface area (Å²) < 4.78 is 0. The van der Waals surface area contributed by atoms with E-state index >= 15 is 0 Å². The van der Waals surface area contributed by atoms with E-state index in [9.17, 15) is 14.4 Å². The Balaban J connectivity index is 1.44. The molecule has 0 radical (unpaired) electrons. The summed E-state index contributed by atoms with van der Waals surface area (Å²) in [7, 11) is 0. The van der Waals surface area contributed by atoms with Gasteiger partial charge in [-0.25, -0.2) is 4.79 Å². The number of benzene rings is 1. The molecular formula is C22H24ClN5O3. The Morgan fingerprint density at radius 1 is 1.16 bits per heavy atom. The predicted molar refractivity (Wildman–Crippen MR) is 117 cm³/mol. The molecule has 2 unspecified atom stereocenters. The van der Waals surface area contributed by atoms with Gasteiger partial charge >= 0.3 is 6.03 Å². The van der Waals surface area contributed by atoms with Crippen molar-refractivity contribution in [3.05, 3.63) is 59.4 Å². The van der Waals surface area contributed by atoms with E-state index in [-0.39, 0.29) is 12.3 Å². The number of amides is 4. The SMILES string of the molecule is CC(CC1(c2ccccn2)NC(=O)NC1=O)C(=O)N1CCN(c2cccc(Cl)c2)CC1. The normalized spacial score (nSPS) is 22.1. The first-order chi connectivity index (χ1) is 14.9. The number of pyridine rings is 1. The summed E-state index contributed by atoms with van der Waals surface area (Å²) in [6.45, 7) is 4.33. The van der Waals surface area contributed by atoms with Crippen LogP contribution in [0.15, 0.2) is 48.7 Å². The van der Waals surface area contributed by atoms with E-state index in [1.54, 1.807) is 31.3 Å². The molecule has 0 saturated carbocycles. The maximum atomic E-state index is 13.2. The monoisotopic (exact) mass is 441 g/mol. The number of anilines is 1. The number of carbonyl (C=O) groups is 3. The van der Waals surface area contributed by atoms with Crippen molar-refractivity contribution in [3.63, 3.8) is 0 Å². The highest BCUT2D eigenvalue weighted by Gasteiger charge is 2.50. The molecular weight excluding hydrogens is 418 g/mol. The zero-order chi connectivity index (χ0) is 22.0. The Labute approximate surface area is 185 Å². The van der Waals surface area contributed by atoms with Crippen molar-refractivity contribution in [2.45, 2.75) is 18.9 Å². The second-order valence-electron chi connectivity index (χ2n) is 7.93. The molecule has 1 aromatic carbocycles. The molecule has 2 N–H and O–H groups in total. The lowest BCUT2D eigenvalue weighted by Crippen LogP contribution is -2.52. The number of hydrogen-bond acceptors (Lipinski definition) is 5. The minimum atomic E-state index is -1.35. The number of halogens is 1. The van der Waals surface area contributed by atoms with E-state index in [1.807, 2.05) is 29.2 Å². The van der Waals surface area contributed by atoms with Crippen molar-refractivity contribution in [1.29, 1.82) is 0 Å². The third-order valence-electron chi connectivity index (χ3n) is 5.84. The lowest BCUT2D eigenvalue weighted by Gasteiger charge is -2.38. The van der Waals surface area contributed by atoms with Crippen molar-refractivity contribution in [1.82, 2.24) is 20.5 Å². The van der Waals surface area contributed by atoms with Crippen LogP contribution in [0.3, 0.4) is 0 Å². The number of carbonyl (C=O) groups excluding carboxylic acids is 3. The van der Waals surface area contributed by atoms with Crippen LogP contribution < -0.4 is 15.5 Å². The number of nitrogens with one attached hydrogen (secondary N) is 2. The molecule has 3 heterocycles. The first kappa shape index (κ1) is 21.1. The van der Waals surface area contributed by atoms with Gasteiger partial charge in [0.1, 0.15) is 0 Å². The summed E-state index contributed by atoms with van der Waals surface area (Å²) in [5, 5.41) is 5.67. The fraction of sp³-hybridized carbons (Fsp3) is 0.364. The van der Waals surface area contributed by atoms with Gasteiger partial charge in [-0.3, -0.25) is 19.9 Å². The number of urea groups is 1. The first-order valence-electron chi connectivity index (χ1n) is 10.2. The number of rotatable bonds is 5. The molecule has 2 atom stereocenters. The molecule has 2 saturated heterocycles. The van der Waals surface area contributed by atoms with Crippen LogP contribution in [0.1, 0.15) is 19.0 Å². The van der Waals surface area contributed by atoms with Crippen LogP contribution >= 0.6 is 11.6 Å². The Morgan fingerprint density at radius 3 is 2.55 bits per heavy atom. The topological polar surface area (TPSA) is 94.6 Å². The van der Waals surface area contributed by atoms with Crippen molar-refractivity contribution in [2.75, 3.05) is 31.1 Å². The van der Waals surface area contributed by atoms with E-state index in [1.165, 1.54) is 0 Å². The van der Waals surface area contributed by atoms with E-state index < -0.39 is 23.4 Å². The van der Waals surface area contributed by atoms with Crippen LogP contribution in [-0.2, 0) is 15.1 Å². The van der Waals surface area contributed by atoms with Gasteiger partial charge in [-0.2, -0.15) is 0 Å². The molecule has 0 spiro atoms. The predicted octanol–water partition coefficient (Wildman–Crippen LogP) is 2.14. The molecule has 1 aromatic heterocycles. The van der Waals surface area contributed by atoms with Gasteiger partial charge in [-0.1, -0.05) is 30.7 Å². The van der Waals surface area contributed by atoms with Gasteiger partial charge in [-0.05, 0) is 36.8 Å². The lowest BCUT2D eigenvalue weighted by molar-refractivity contribution is -0.136. The second kappa shape index (κ2) is 8.55. The molecule has 31 heavy (non-hydrogen) atoms. The molecule has 4 amide bonds. The number of imide groups is 1. The van der Waals surface area contributed by atoms with Crippen molar-refractivity contribution in [3.8, 4) is 0 Å². The van der Waals surface area contributed by atoms with Gasteiger partial charge in [0.15, 0.2) is 5.54 Å². The average Bonchev–Trinajstić information content (AvgIpc) is 3.07. The van der Waals surface area contributed by atoms with Crippen LogP contribution in [0.25, 0.3) is 0 Å². The Kier molecular flexibility index (Phi) is 5.82. The highest BCUT2D eigenvalue weighted by molar-refractivity contribution is 6.30. The van der Waals surface area contributed by atoms with E-state index in [0.29, 0.717) is 36.9 Å². The van der Waals surface area contributed by atoms with E-state index in [4.69, 9.17) is 11.6 Å². The molecule has 8 nitrogen and oxygen atoms in total. The zero-order valence-corrected chi connectivity index (χ0v) is 17.9. The number of piperazine rings is 1. The highest BCUT2D eigenvalue weighted by Crippen LogP contribution is 2.31. The lowest BCUT2D eigenvalue weighted by atomic mass is 9.84. The Bertz CT molecular complexity index is 994. The summed E-state index contributed by atoms with van der Waals surface area (Å²) >= 11 is 6.09. The highest BCUT2D eigenvalue weighted by atomic mass is 35.5. The van der Waals surface area contributed by atoms with Gasteiger partial charge in [0.25, 0.3) is 5.91 Å². The third kappa shape index (κ3) is 4.20. The first-order valence-corrected chi connectivity index (χ1v) is 10.6. The molecule has 2 aliphatic heterocycles. The molecule has 0 aliphatic carbocycles. The third-order valence-corrected chi connectivity index (χ3v) is 6.08. The van der Waals surface area contributed by atoms with Crippen LogP contribution in [0.5, 0.6) is 0 Å². The average molecular weight is 442 g/mol. The summed E-state index contributed by atoms with van der Waals surface area (Å²) in [6.07, 6.45) is 1.70. The summed E-state index contributed by atoms with van der Waals surface area (Å²) in [6, 6.07) is 12.3. The van der Waals surface area contributed by atoms with Crippen molar-refractivity contribution >= 4 is 35.1 Å². The fourth-order valence-electron chi connectivity index (χ4n) is 4.25. The number of aromatic nitrogens is 1.